The van der Waals surface area contributed by atoms with Crippen LogP contribution >= 0.6 is 0 Å². The fraction of sp³-hybridized carbons (Fsp3) is 0.333. The lowest BCUT2D eigenvalue weighted by molar-refractivity contribution is -0.116. The minimum atomic E-state index is -0.00209. The molecule has 0 spiro atoms. The van der Waals surface area contributed by atoms with E-state index in [1.165, 1.54) is 11.1 Å². The Morgan fingerprint density at radius 2 is 1.95 bits per heavy atom. The Bertz CT molecular complexity index is 648. The summed E-state index contributed by atoms with van der Waals surface area (Å²) >= 11 is 0. The summed E-state index contributed by atoms with van der Waals surface area (Å²) < 4.78 is 0. The zero-order valence-corrected chi connectivity index (χ0v) is 13.6. The number of carbonyl (C=O) groups excluding carboxylic acids is 1. The van der Waals surface area contributed by atoms with E-state index in [0.717, 1.165) is 11.4 Å². The van der Waals surface area contributed by atoms with Crippen LogP contribution in [0.15, 0.2) is 36.5 Å². The maximum absolute atomic E-state index is 11.7. The third-order valence-corrected chi connectivity index (χ3v) is 3.30. The van der Waals surface area contributed by atoms with E-state index in [1.807, 2.05) is 26.0 Å². The van der Waals surface area contributed by atoms with Gasteiger partial charge in [-0.3, -0.25) is 4.79 Å². The number of amides is 1. The number of nitrogens with zero attached hydrogens (tertiary/aromatic N) is 1. The van der Waals surface area contributed by atoms with Gasteiger partial charge in [-0.25, -0.2) is 4.98 Å². The van der Waals surface area contributed by atoms with Crippen molar-refractivity contribution < 1.29 is 4.79 Å². The fourth-order valence-corrected chi connectivity index (χ4v) is 2.13. The molecule has 0 aliphatic carbocycles. The van der Waals surface area contributed by atoms with Crippen molar-refractivity contribution in [2.75, 3.05) is 10.6 Å². The molecule has 0 atom stereocenters. The summed E-state index contributed by atoms with van der Waals surface area (Å²) in [6.45, 7) is 8.17. The van der Waals surface area contributed by atoms with Gasteiger partial charge in [0.25, 0.3) is 0 Å². The highest BCUT2D eigenvalue weighted by atomic mass is 16.1. The predicted molar refractivity (Wildman–Crippen MR) is 91.5 cm³/mol. The van der Waals surface area contributed by atoms with E-state index < -0.39 is 0 Å². The maximum Gasteiger partial charge on any atom is 0.225 e. The van der Waals surface area contributed by atoms with Gasteiger partial charge in [-0.1, -0.05) is 26.0 Å². The van der Waals surface area contributed by atoms with Gasteiger partial charge in [0.2, 0.25) is 5.91 Å². The van der Waals surface area contributed by atoms with Crippen LogP contribution in [0.2, 0.25) is 0 Å². The van der Waals surface area contributed by atoms with Crippen molar-refractivity contribution in [1.82, 2.24) is 4.98 Å². The Morgan fingerprint density at radius 3 is 2.59 bits per heavy atom. The molecule has 1 amide bonds. The van der Waals surface area contributed by atoms with Crippen LogP contribution in [0.4, 0.5) is 17.2 Å². The molecule has 0 saturated carbocycles. The van der Waals surface area contributed by atoms with E-state index in [9.17, 15) is 4.79 Å². The topological polar surface area (TPSA) is 54.0 Å². The summed E-state index contributed by atoms with van der Waals surface area (Å²) in [5.41, 5.74) is 4.35. The lowest BCUT2D eigenvalue weighted by atomic mass is 10.1. The second-order valence-corrected chi connectivity index (χ2v) is 6.02. The zero-order valence-electron chi connectivity index (χ0n) is 13.6. The van der Waals surface area contributed by atoms with Crippen molar-refractivity contribution >= 4 is 23.1 Å². The van der Waals surface area contributed by atoms with Gasteiger partial charge >= 0.3 is 0 Å². The lowest BCUT2D eigenvalue weighted by Gasteiger charge is -2.11. The first-order valence-corrected chi connectivity index (χ1v) is 7.54. The number of nitrogens with one attached hydrogen (secondary N) is 2. The number of hydrogen-bond acceptors (Lipinski definition) is 3. The van der Waals surface area contributed by atoms with Crippen LogP contribution in [-0.4, -0.2) is 10.9 Å². The first-order valence-electron chi connectivity index (χ1n) is 7.54. The average molecular weight is 297 g/mol. The zero-order chi connectivity index (χ0) is 16.1. The van der Waals surface area contributed by atoms with Gasteiger partial charge in [-0.2, -0.15) is 0 Å². The van der Waals surface area contributed by atoms with E-state index in [2.05, 4.69) is 47.7 Å². The van der Waals surface area contributed by atoms with E-state index >= 15 is 0 Å². The largest absolute Gasteiger partial charge is 0.354 e. The van der Waals surface area contributed by atoms with E-state index in [4.69, 9.17) is 0 Å². The van der Waals surface area contributed by atoms with Crippen LogP contribution in [0.1, 0.15) is 31.4 Å². The van der Waals surface area contributed by atoms with Crippen LogP contribution in [0, 0.1) is 19.8 Å². The van der Waals surface area contributed by atoms with Gasteiger partial charge in [0.05, 0.1) is 11.9 Å². The van der Waals surface area contributed by atoms with Gasteiger partial charge < -0.3 is 10.6 Å². The highest BCUT2D eigenvalue weighted by Gasteiger charge is 2.06. The van der Waals surface area contributed by atoms with E-state index in [0.29, 0.717) is 18.2 Å². The number of anilines is 3. The van der Waals surface area contributed by atoms with Crippen LogP contribution in [0.5, 0.6) is 0 Å². The molecule has 0 aliphatic rings. The van der Waals surface area contributed by atoms with Crippen LogP contribution in [0.3, 0.4) is 0 Å². The molecular weight excluding hydrogens is 274 g/mol. The van der Waals surface area contributed by atoms with Gasteiger partial charge in [-0.05, 0) is 49.1 Å². The molecule has 4 nitrogen and oxygen atoms in total. The molecule has 0 bridgehead atoms. The molecule has 2 aromatic rings. The monoisotopic (exact) mass is 297 g/mol. The van der Waals surface area contributed by atoms with Crippen molar-refractivity contribution in [3.63, 3.8) is 0 Å². The SMILES string of the molecule is Cc1ccc(C)c(Nc2ccc(NC(=O)CC(C)C)nc2)c1. The normalized spacial score (nSPS) is 10.6. The van der Waals surface area contributed by atoms with Crippen molar-refractivity contribution in [3.8, 4) is 0 Å². The van der Waals surface area contributed by atoms with E-state index in [-0.39, 0.29) is 5.91 Å². The molecule has 0 unspecified atom stereocenters. The number of rotatable bonds is 5. The first-order chi connectivity index (χ1) is 10.4. The molecule has 1 aromatic heterocycles. The van der Waals surface area contributed by atoms with Gasteiger partial charge in [0.1, 0.15) is 5.82 Å². The Balaban J connectivity index is 2.03. The Morgan fingerprint density at radius 1 is 1.18 bits per heavy atom. The van der Waals surface area contributed by atoms with Gasteiger partial charge in [0, 0.05) is 12.1 Å². The molecule has 0 fully saturated rings. The molecule has 4 heteroatoms. The highest BCUT2D eigenvalue weighted by Crippen LogP contribution is 2.22. The summed E-state index contributed by atoms with van der Waals surface area (Å²) in [4.78, 5) is 16.0. The van der Waals surface area contributed by atoms with E-state index in [1.54, 1.807) is 6.20 Å². The summed E-state index contributed by atoms with van der Waals surface area (Å²) in [5, 5.41) is 6.16. The molecule has 2 N–H and O–H groups in total. The van der Waals surface area contributed by atoms with Crippen molar-refractivity contribution in [1.29, 1.82) is 0 Å². The second kappa shape index (κ2) is 7.07. The molecule has 22 heavy (non-hydrogen) atoms. The third-order valence-electron chi connectivity index (χ3n) is 3.30. The number of carbonyl (C=O) groups is 1. The molecule has 116 valence electrons. The summed E-state index contributed by atoms with van der Waals surface area (Å²) in [6, 6.07) is 10.0. The summed E-state index contributed by atoms with van der Waals surface area (Å²) in [6.07, 6.45) is 2.23. The Labute approximate surface area is 132 Å². The number of aromatic nitrogens is 1. The fourth-order valence-electron chi connectivity index (χ4n) is 2.13. The van der Waals surface area contributed by atoms with Crippen molar-refractivity contribution in [2.45, 2.75) is 34.1 Å². The molecule has 0 saturated heterocycles. The second-order valence-electron chi connectivity index (χ2n) is 6.02. The highest BCUT2D eigenvalue weighted by molar-refractivity contribution is 5.89. The number of aryl methyl sites for hydroxylation is 2. The number of pyridine rings is 1. The molecule has 0 aliphatic heterocycles. The van der Waals surface area contributed by atoms with Crippen LogP contribution < -0.4 is 10.6 Å². The third kappa shape index (κ3) is 4.58. The van der Waals surface area contributed by atoms with Crippen LogP contribution in [0.25, 0.3) is 0 Å². The van der Waals surface area contributed by atoms with Gasteiger partial charge in [-0.15, -0.1) is 0 Å². The summed E-state index contributed by atoms with van der Waals surface area (Å²) in [5.74, 6) is 0.917. The first kappa shape index (κ1) is 16.0. The van der Waals surface area contributed by atoms with Gasteiger partial charge in [0.15, 0.2) is 0 Å². The number of hydrogen-bond donors (Lipinski definition) is 2. The van der Waals surface area contributed by atoms with Crippen molar-refractivity contribution in [2.24, 2.45) is 5.92 Å². The molecule has 1 heterocycles. The average Bonchev–Trinajstić information content (AvgIpc) is 2.44. The molecule has 0 radical (unpaired) electrons. The Hall–Kier alpha value is -2.36. The molecular formula is C18H23N3O. The summed E-state index contributed by atoms with van der Waals surface area (Å²) in [7, 11) is 0. The predicted octanol–water partition coefficient (Wildman–Crippen LogP) is 4.43. The maximum atomic E-state index is 11.7. The molecule has 2 rings (SSSR count). The minimum absolute atomic E-state index is 0.00209. The van der Waals surface area contributed by atoms with Crippen molar-refractivity contribution in [3.05, 3.63) is 47.7 Å². The number of benzene rings is 1. The Kier molecular flexibility index (Phi) is 5.15. The smallest absolute Gasteiger partial charge is 0.225 e. The quantitative estimate of drug-likeness (QED) is 0.858. The molecule has 1 aromatic carbocycles. The minimum Gasteiger partial charge on any atom is -0.354 e. The standard InChI is InChI=1S/C18H23N3O/c1-12(2)9-18(22)21-17-8-7-15(11-19-17)20-16-10-13(3)5-6-14(16)4/h5-8,10-12,20H,9H2,1-4H3,(H,19,21,22). The lowest BCUT2D eigenvalue weighted by Crippen LogP contribution is -2.14. The van der Waals surface area contributed by atoms with Crippen LogP contribution in [-0.2, 0) is 4.79 Å².